The Bertz CT molecular complexity index is 2950. The van der Waals surface area contributed by atoms with Crippen LogP contribution in [0.25, 0.3) is 76.8 Å². The molecule has 10 aromatic carbocycles. The average molecular weight is 700 g/mol. The van der Waals surface area contributed by atoms with Gasteiger partial charge < -0.3 is 4.90 Å². The molecular weight excluding hydrogens is 663 g/mol. The van der Waals surface area contributed by atoms with Gasteiger partial charge in [-0.15, -0.1) is 0 Å². The van der Waals surface area contributed by atoms with Gasteiger partial charge in [0.1, 0.15) is 0 Å². The molecule has 0 amide bonds. The van der Waals surface area contributed by atoms with Crippen molar-refractivity contribution in [2.75, 3.05) is 4.90 Å². The molecule has 0 fully saturated rings. The van der Waals surface area contributed by atoms with Gasteiger partial charge in [0.2, 0.25) is 0 Å². The maximum atomic E-state index is 2.37. The van der Waals surface area contributed by atoms with Gasteiger partial charge in [0.15, 0.2) is 0 Å². The number of hydrogen-bond acceptors (Lipinski definition) is 1. The molecule has 0 saturated heterocycles. The molecule has 0 unspecified atom stereocenters. The first-order chi connectivity index (χ1) is 27.3. The minimum absolute atomic E-state index is 1.10. The smallest absolute Gasteiger partial charge is 0.0468 e. The van der Waals surface area contributed by atoms with Crippen molar-refractivity contribution in [2.24, 2.45) is 0 Å². The van der Waals surface area contributed by atoms with E-state index in [1.165, 1.54) is 76.8 Å². The number of hydrogen-bond donors (Lipinski definition) is 0. The Hall–Kier alpha value is -7.22. The second-order valence-electron chi connectivity index (χ2n) is 14.1. The highest BCUT2D eigenvalue weighted by Gasteiger charge is 2.16. The molecule has 258 valence electrons. The number of benzene rings is 10. The van der Waals surface area contributed by atoms with Crippen molar-refractivity contribution in [1.29, 1.82) is 0 Å². The van der Waals surface area contributed by atoms with Crippen LogP contribution < -0.4 is 4.90 Å². The molecule has 1 nitrogen and oxygen atoms in total. The van der Waals surface area contributed by atoms with Crippen LogP contribution in [0.3, 0.4) is 0 Å². The SMILES string of the molecule is c1ccc(-c2ccc(-c3ccc(N(c4ccc(-c5cccc6c5ccc5ccccc56)cc4)c4ccc5ccccc5c4)cc3)cc2-c2ccccc2)cc1. The van der Waals surface area contributed by atoms with Crippen molar-refractivity contribution in [2.45, 2.75) is 0 Å². The molecule has 0 aliphatic carbocycles. The van der Waals surface area contributed by atoms with Gasteiger partial charge in [-0.1, -0.05) is 182 Å². The maximum absolute atomic E-state index is 2.37. The molecule has 0 radical (unpaired) electrons. The normalized spacial score (nSPS) is 11.3. The largest absolute Gasteiger partial charge is 0.310 e. The standard InChI is InChI=1S/C54H37N/c1-3-13-40(14-4-1)51-34-28-45(37-54(51)41-15-5-2-6-16-41)39-22-29-46(30-23-39)55(48-33-24-38-12-7-8-18-44(38)36-48)47-31-25-43(26-32-47)50-20-11-21-52-49-19-10-9-17-42(49)27-35-53(50)52/h1-37H. The summed E-state index contributed by atoms with van der Waals surface area (Å²) in [4.78, 5) is 2.37. The van der Waals surface area contributed by atoms with E-state index >= 15 is 0 Å². The molecule has 0 aromatic heterocycles. The number of anilines is 3. The van der Waals surface area contributed by atoms with Gasteiger partial charge in [-0.2, -0.15) is 0 Å². The highest BCUT2D eigenvalue weighted by Crippen LogP contribution is 2.41. The summed E-state index contributed by atoms with van der Waals surface area (Å²) in [5, 5.41) is 7.54. The van der Waals surface area contributed by atoms with Crippen LogP contribution in [-0.4, -0.2) is 0 Å². The summed E-state index contributed by atoms with van der Waals surface area (Å²) in [7, 11) is 0. The molecule has 0 aliphatic heterocycles. The predicted molar refractivity (Wildman–Crippen MR) is 235 cm³/mol. The third-order valence-electron chi connectivity index (χ3n) is 10.9. The Balaban J connectivity index is 1.05. The highest BCUT2D eigenvalue weighted by atomic mass is 15.1. The van der Waals surface area contributed by atoms with Crippen molar-refractivity contribution < 1.29 is 0 Å². The van der Waals surface area contributed by atoms with Crippen LogP contribution in [0.2, 0.25) is 0 Å². The molecule has 0 bridgehead atoms. The van der Waals surface area contributed by atoms with Crippen LogP contribution in [0.15, 0.2) is 224 Å². The molecule has 0 atom stereocenters. The van der Waals surface area contributed by atoms with Crippen molar-refractivity contribution >= 4 is 49.4 Å². The number of nitrogens with zero attached hydrogens (tertiary/aromatic N) is 1. The Labute approximate surface area is 322 Å². The van der Waals surface area contributed by atoms with Crippen molar-refractivity contribution in [3.63, 3.8) is 0 Å². The molecule has 1 heteroatoms. The highest BCUT2D eigenvalue weighted by molar-refractivity contribution is 6.12. The summed E-state index contributed by atoms with van der Waals surface area (Å²) in [5.41, 5.74) is 13.0. The fourth-order valence-electron chi connectivity index (χ4n) is 8.10. The number of fused-ring (bicyclic) bond motifs is 4. The fourth-order valence-corrected chi connectivity index (χ4v) is 8.10. The van der Waals surface area contributed by atoms with Crippen LogP contribution in [0.4, 0.5) is 17.1 Å². The Morgan fingerprint density at radius 3 is 1.47 bits per heavy atom. The Morgan fingerprint density at radius 2 is 0.745 bits per heavy atom. The van der Waals surface area contributed by atoms with Crippen LogP contribution in [0.5, 0.6) is 0 Å². The van der Waals surface area contributed by atoms with E-state index in [-0.39, 0.29) is 0 Å². The summed E-state index contributed by atoms with van der Waals surface area (Å²) in [6.07, 6.45) is 0. The average Bonchev–Trinajstić information content (AvgIpc) is 3.27. The first-order valence-corrected chi connectivity index (χ1v) is 18.9. The second kappa shape index (κ2) is 14.0. The summed E-state index contributed by atoms with van der Waals surface area (Å²) in [6, 6.07) is 81.4. The molecule has 10 aromatic rings. The van der Waals surface area contributed by atoms with E-state index in [0.29, 0.717) is 0 Å². The minimum Gasteiger partial charge on any atom is -0.310 e. The lowest BCUT2D eigenvalue weighted by Gasteiger charge is -2.26. The van der Waals surface area contributed by atoms with Gasteiger partial charge in [0.05, 0.1) is 0 Å². The second-order valence-corrected chi connectivity index (χ2v) is 14.1. The molecular formula is C54H37N. The van der Waals surface area contributed by atoms with Gasteiger partial charge >= 0.3 is 0 Å². The van der Waals surface area contributed by atoms with Crippen molar-refractivity contribution in [1.82, 2.24) is 0 Å². The Kier molecular flexibility index (Phi) is 8.24. The lowest BCUT2D eigenvalue weighted by molar-refractivity contribution is 1.29. The van der Waals surface area contributed by atoms with Gasteiger partial charge in [-0.05, 0) is 119 Å². The molecule has 0 heterocycles. The quantitative estimate of drug-likeness (QED) is 0.150. The lowest BCUT2D eigenvalue weighted by Crippen LogP contribution is -2.09. The zero-order valence-electron chi connectivity index (χ0n) is 30.3. The molecule has 0 spiro atoms. The van der Waals surface area contributed by atoms with Crippen LogP contribution in [0, 0.1) is 0 Å². The van der Waals surface area contributed by atoms with E-state index in [9.17, 15) is 0 Å². The molecule has 10 rings (SSSR count). The minimum atomic E-state index is 1.10. The van der Waals surface area contributed by atoms with Gasteiger partial charge in [-0.25, -0.2) is 0 Å². The monoisotopic (exact) mass is 699 g/mol. The molecule has 0 saturated carbocycles. The first-order valence-electron chi connectivity index (χ1n) is 18.9. The third-order valence-corrected chi connectivity index (χ3v) is 10.9. The van der Waals surface area contributed by atoms with E-state index in [1.54, 1.807) is 0 Å². The van der Waals surface area contributed by atoms with E-state index in [1.807, 2.05) is 0 Å². The third kappa shape index (κ3) is 6.12. The van der Waals surface area contributed by atoms with Crippen LogP contribution in [-0.2, 0) is 0 Å². The van der Waals surface area contributed by atoms with E-state index in [2.05, 4.69) is 229 Å². The molecule has 55 heavy (non-hydrogen) atoms. The topological polar surface area (TPSA) is 3.24 Å². The summed E-state index contributed by atoms with van der Waals surface area (Å²) in [6.45, 7) is 0. The zero-order valence-corrected chi connectivity index (χ0v) is 30.3. The van der Waals surface area contributed by atoms with Gasteiger partial charge in [-0.3, -0.25) is 0 Å². The van der Waals surface area contributed by atoms with Crippen LogP contribution in [0.1, 0.15) is 0 Å². The summed E-state index contributed by atoms with van der Waals surface area (Å²) < 4.78 is 0. The zero-order chi connectivity index (χ0) is 36.6. The number of rotatable bonds is 7. The summed E-state index contributed by atoms with van der Waals surface area (Å²) >= 11 is 0. The van der Waals surface area contributed by atoms with Crippen LogP contribution >= 0.6 is 0 Å². The first kappa shape index (κ1) is 32.4. The van der Waals surface area contributed by atoms with Crippen molar-refractivity contribution in [3.8, 4) is 44.5 Å². The van der Waals surface area contributed by atoms with Crippen molar-refractivity contribution in [3.05, 3.63) is 224 Å². The van der Waals surface area contributed by atoms with E-state index < -0.39 is 0 Å². The molecule has 0 N–H and O–H groups in total. The van der Waals surface area contributed by atoms with Gasteiger partial charge in [0, 0.05) is 17.1 Å². The van der Waals surface area contributed by atoms with Gasteiger partial charge in [0.25, 0.3) is 0 Å². The molecule has 0 aliphatic rings. The maximum Gasteiger partial charge on any atom is 0.0468 e. The van der Waals surface area contributed by atoms with E-state index in [0.717, 1.165) is 17.1 Å². The summed E-state index contributed by atoms with van der Waals surface area (Å²) in [5.74, 6) is 0. The van der Waals surface area contributed by atoms with E-state index in [4.69, 9.17) is 0 Å². The predicted octanol–water partition coefficient (Wildman–Crippen LogP) is 15.3. The fraction of sp³-hybridized carbons (Fsp3) is 0. The lowest BCUT2D eigenvalue weighted by atomic mass is 9.91. The Morgan fingerprint density at radius 1 is 0.218 bits per heavy atom.